The molecular weight excluding hydrogens is 422 g/mol. The third-order valence-electron chi connectivity index (χ3n) is 5.44. The Bertz CT molecular complexity index is 1290. The summed E-state index contributed by atoms with van der Waals surface area (Å²) in [6, 6.07) is 9.29. The third kappa shape index (κ3) is 3.88. The monoisotopic (exact) mass is 445 g/mol. The number of hydrogen-bond donors (Lipinski definition) is 3. The zero-order chi connectivity index (χ0) is 22.1. The molecule has 5 rings (SSSR count). The van der Waals surface area contributed by atoms with Gasteiger partial charge in [-0.3, -0.25) is 9.78 Å². The van der Waals surface area contributed by atoms with Gasteiger partial charge in [0.15, 0.2) is 0 Å². The number of hydrogen-bond acceptors (Lipinski definition) is 8. The van der Waals surface area contributed by atoms with Crippen LogP contribution in [-0.2, 0) is 13.0 Å². The Morgan fingerprint density at radius 3 is 2.81 bits per heavy atom. The van der Waals surface area contributed by atoms with Gasteiger partial charge in [-0.2, -0.15) is 0 Å². The van der Waals surface area contributed by atoms with Gasteiger partial charge < -0.3 is 20.9 Å². The number of aromatic nitrogens is 3. The van der Waals surface area contributed by atoms with Gasteiger partial charge in [-0.25, -0.2) is 9.97 Å². The van der Waals surface area contributed by atoms with E-state index in [1.54, 1.807) is 42.2 Å². The summed E-state index contributed by atoms with van der Waals surface area (Å²) in [6.45, 7) is 1.83. The van der Waals surface area contributed by atoms with Crippen molar-refractivity contribution in [1.82, 2.24) is 20.3 Å². The molecule has 4 aromatic rings. The van der Waals surface area contributed by atoms with E-state index in [-0.39, 0.29) is 5.91 Å². The van der Waals surface area contributed by atoms with Gasteiger partial charge >= 0.3 is 0 Å². The summed E-state index contributed by atoms with van der Waals surface area (Å²) < 4.78 is 0. The maximum Gasteiger partial charge on any atom is 0.255 e. The molecule has 1 aromatic carbocycles. The molecule has 9 heteroatoms. The average molecular weight is 446 g/mol. The van der Waals surface area contributed by atoms with E-state index >= 15 is 0 Å². The van der Waals surface area contributed by atoms with Crippen LogP contribution in [0.2, 0.25) is 0 Å². The minimum Gasteiger partial charge on any atom is -0.376 e. The normalized spacial score (nSPS) is 12.9. The number of rotatable bonds is 5. The van der Waals surface area contributed by atoms with Crippen molar-refractivity contribution in [3.05, 3.63) is 65.1 Å². The topological polar surface area (TPSA) is 95.1 Å². The third-order valence-corrected chi connectivity index (χ3v) is 6.58. The first-order chi connectivity index (χ1) is 15.6. The Labute approximate surface area is 189 Å². The second-order valence-corrected chi connectivity index (χ2v) is 8.86. The summed E-state index contributed by atoms with van der Waals surface area (Å²) in [5.41, 5.74) is 4.34. The molecule has 0 fully saturated rings. The molecule has 8 nitrogen and oxygen atoms in total. The van der Waals surface area contributed by atoms with Crippen LogP contribution >= 0.6 is 11.3 Å². The van der Waals surface area contributed by atoms with Crippen LogP contribution in [0.5, 0.6) is 0 Å². The van der Waals surface area contributed by atoms with E-state index < -0.39 is 0 Å². The molecule has 3 aromatic heterocycles. The van der Waals surface area contributed by atoms with E-state index in [1.807, 2.05) is 37.2 Å². The number of carbonyl (C=O) groups excluding carboxylic acids is 1. The van der Waals surface area contributed by atoms with Crippen LogP contribution in [0, 0.1) is 0 Å². The number of benzene rings is 1. The van der Waals surface area contributed by atoms with Gasteiger partial charge in [0.05, 0.1) is 16.8 Å². The van der Waals surface area contributed by atoms with Crippen molar-refractivity contribution >= 4 is 50.3 Å². The van der Waals surface area contributed by atoms with E-state index in [2.05, 4.69) is 30.9 Å². The van der Waals surface area contributed by atoms with Gasteiger partial charge in [0.1, 0.15) is 17.0 Å². The lowest BCUT2D eigenvalue weighted by molar-refractivity contribution is 0.102. The fraction of sp³-hybridized carbons (Fsp3) is 0.217. The summed E-state index contributed by atoms with van der Waals surface area (Å²) in [7, 11) is 3.90. The lowest BCUT2D eigenvalue weighted by atomic mass is 10.1. The van der Waals surface area contributed by atoms with Crippen LogP contribution in [0.4, 0.5) is 22.9 Å². The molecule has 162 valence electrons. The van der Waals surface area contributed by atoms with Crippen molar-refractivity contribution in [3.8, 4) is 0 Å². The van der Waals surface area contributed by atoms with Gasteiger partial charge in [-0.1, -0.05) is 0 Å². The number of carbonyl (C=O) groups is 1. The number of pyridine rings is 1. The second-order valence-electron chi connectivity index (χ2n) is 7.77. The highest BCUT2D eigenvalue weighted by atomic mass is 32.1. The average Bonchev–Trinajstić information content (AvgIpc) is 3.19. The van der Waals surface area contributed by atoms with E-state index in [0.29, 0.717) is 11.3 Å². The summed E-state index contributed by atoms with van der Waals surface area (Å²) in [4.78, 5) is 30.0. The van der Waals surface area contributed by atoms with E-state index in [4.69, 9.17) is 0 Å². The summed E-state index contributed by atoms with van der Waals surface area (Å²) >= 11 is 1.72. The SMILES string of the molecule is CN(C)c1ccc(Nc2ncnc3sc4c(c23)CCNC4)cc1NC(=O)c1ccncc1. The lowest BCUT2D eigenvalue weighted by Gasteiger charge is -2.20. The fourth-order valence-electron chi connectivity index (χ4n) is 3.89. The molecular formula is C23H23N7OS. The molecule has 3 N–H and O–H groups in total. The van der Waals surface area contributed by atoms with Gasteiger partial charge in [0.25, 0.3) is 5.91 Å². The first kappa shape index (κ1) is 20.3. The maximum atomic E-state index is 12.8. The largest absolute Gasteiger partial charge is 0.376 e. The second kappa shape index (κ2) is 8.52. The predicted molar refractivity (Wildman–Crippen MR) is 129 cm³/mol. The molecule has 0 aliphatic carbocycles. The van der Waals surface area contributed by atoms with Crippen LogP contribution < -0.4 is 20.9 Å². The molecule has 0 unspecified atom stereocenters. The van der Waals surface area contributed by atoms with Gasteiger partial charge in [0, 0.05) is 49.2 Å². The quantitative estimate of drug-likeness (QED) is 0.430. The highest BCUT2D eigenvalue weighted by Gasteiger charge is 2.20. The molecule has 0 bridgehead atoms. The first-order valence-corrected chi connectivity index (χ1v) is 11.2. The van der Waals surface area contributed by atoms with Gasteiger partial charge in [-0.15, -0.1) is 11.3 Å². The van der Waals surface area contributed by atoms with Crippen LogP contribution in [0.25, 0.3) is 10.2 Å². The van der Waals surface area contributed by atoms with Gasteiger partial charge in [-0.05, 0) is 48.9 Å². The summed E-state index contributed by atoms with van der Waals surface area (Å²) in [5.74, 6) is 0.606. The molecule has 1 amide bonds. The number of amides is 1. The van der Waals surface area contributed by atoms with E-state index in [1.165, 1.54) is 10.4 Å². The van der Waals surface area contributed by atoms with Crippen molar-refractivity contribution in [2.75, 3.05) is 36.2 Å². The Kier molecular flexibility index (Phi) is 5.42. The van der Waals surface area contributed by atoms with Crippen LogP contribution in [-0.4, -0.2) is 41.5 Å². The van der Waals surface area contributed by atoms with Crippen LogP contribution in [0.3, 0.4) is 0 Å². The molecule has 0 atom stereocenters. The smallest absolute Gasteiger partial charge is 0.255 e. The highest BCUT2D eigenvalue weighted by Crippen LogP contribution is 2.37. The van der Waals surface area contributed by atoms with Crippen LogP contribution in [0.15, 0.2) is 49.1 Å². The Morgan fingerprint density at radius 1 is 1.16 bits per heavy atom. The first-order valence-electron chi connectivity index (χ1n) is 10.4. The molecule has 4 heterocycles. The Hall–Kier alpha value is -3.56. The molecule has 0 saturated carbocycles. The minimum absolute atomic E-state index is 0.184. The van der Waals surface area contributed by atoms with Crippen molar-refractivity contribution in [1.29, 1.82) is 0 Å². The molecule has 0 saturated heterocycles. The molecule has 32 heavy (non-hydrogen) atoms. The highest BCUT2D eigenvalue weighted by molar-refractivity contribution is 7.19. The Balaban J connectivity index is 1.49. The predicted octanol–water partition coefficient (Wildman–Crippen LogP) is 3.79. The maximum absolute atomic E-state index is 12.8. The number of fused-ring (bicyclic) bond motifs is 3. The molecule has 1 aliphatic heterocycles. The zero-order valence-electron chi connectivity index (χ0n) is 17.8. The zero-order valence-corrected chi connectivity index (χ0v) is 18.7. The van der Waals surface area contributed by atoms with Crippen molar-refractivity contribution < 1.29 is 4.79 Å². The van der Waals surface area contributed by atoms with Crippen molar-refractivity contribution in [3.63, 3.8) is 0 Å². The summed E-state index contributed by atoms with van der Waals surface area (Å²) in [5, 5.41) is 11.0. The number of nitrogens with one attached hydrogen (secondary N) is 3. The van der Waals surface area contributed by atoms with Crippen molar-refractivity contribution in [2.45, 2.75) is 13.0 Å². The van der Waals surface area contributed by atoms with Crippen LogP contribution in [0.1, 0.15) is 20.8 Å². The van der Waals surface area contributed by atoms with E-state index in [0.717, 1.165) is 46.9 Å². The molecule has 0 radical (unpaired) electrons. The van der Waals surface area contributed by atoms with Gasteiger partial charge in [0.2, 0.25) is 0 Å². The van der Waals surface area contributed by atoms with E-state index in [9.17, 15) is 4.79 Å². The van der Waals surface area contributed by atoms with Crippen molar-refractivity contribution in [2.24, 2.45) is 0 Å². The fourth-order valence-corrected chi connectivity index (χ4v) is 5.05. The lowest BCUT2D eigenvalue weighted by Crippen LogP contribution is -2.22. The minimum atomic E-state index is -0.184. The summed E-state index contributed by atoms with van der Waals surface area (Å²) in [6.07, 6.45) is 5.78. The standard InChI is InChI=1S/C23H23N7OS/c1-30(2)18-4-3-15(11-17(18)29-22(31)14-5-8-24-9-6-14)28-21-20-16-7-10-25-12-19(16)32-23(20)27-13-26-21/h3-6,8-9,11,13,25H,7,10,12H2,1-2H3,(H,29,31)(H,26,27,28). The number of anilines is 4. The molecule has 1 aliphatic rings. The molecule has 0 spiro atoms. The Morgan fingerprint density at radius 2 is 2.00 bits per heavy atom. The number of nitrogens with zero attached hydrogens (tertiary/aromatic N) is 4. The number of thiophene rings is 1.